The molecule has 35 heavy (non-hydrogen) atoms. The Balaban J connectivity index is 1.28. The van der Waals surface area contributed by atoms with Crippen LogP contribution in [0.2, 0.25) is 0 Å². The number of aryl methyl sites for hydroxylation is 1. The summed E-state index contributed by atoms with van der Waals surface area (Å²) in [7, 11) is -3.71. The van der Waals surface area contributed by atoms with Crippen molar-refractivity contribution in [1.29, 1.82) is 0 Å². The Morgan fingerprint density at radius 2 is 1.74 bits per heavy atom. The second kappa shape index (κ2) is 9.38. The maximum absolute atomic E-state index is 13.3. The highest BCUT2D eigenvalue weighted by atomic mass is 32.2. The van der Waals surface area contributed by atoms with E-state index in [-0.39, 0.29) is 16.8 Å². The van der Waals surface area contributed by atoms with E-state index in [9.17, 15) is 13.2 Å². The van der Waals surface area contributed by atoms with E-state index in [1.807, 2.05) is 66.2 Å². The number of imidazole rings is 1. The lowest BCUT2D eigenvalue weighted by Crippen LogP contribution is -2.35. The number of fused-ring (bicyclic) bond motifs is 1. The van der Waals surface area contributed by atoms with Crippen LogP contribution in [-0.2, 0) is 16.4 Å². The van der Waals surface area contributed by atoms with E-state index < -0.39 is 10.0 Å². The van der Waals surface area contributed by atoms with E-state index in [2.05, 4.69) is 10.3 Å². The molecule has 1 aliphatic rings. The molecule has 1 amide bonds. The molecule has 0 saturated heterocycles. The van der Waals surface area contributed by atoms with Gasteiger partial charge in [0.2, 0.25) is 0 Å². The molecule has 2 heterocycles. The zero-order chi connectivity index (χ0) is 24.4. The van der Waals surface area contributed by atoms with E-state index >= 15 is 0 Å². The summed E-state index contributed by atoms with van der Waals surface area (Å²) in [5.74, 6) is -0.261. The van der Waals surface area contributed by atoms with Gasteiger partial charge in [-0.15, -0.1) is 0 Å². The van der Waals surface area contributed by atoms with Gasteiger partial charge in [-0.25, -0.2) is 13.4 Å². The highest BCUT2D eigenvalue weighted by Crippen LogP contribution is 2.31. The molecule has 1 N–H and O–H groups in total. The zero-order valence-corrected chi connectivity index (χ0v) is 20.2. The van der Waals surface area contributed by atoms with E-state index in [4.69, 9.17) is 0 Å². The Hall–Kier alpha value is -3.91. The first-order chi connectivity index (χ1) is 16.9. The van der Waals surface area contributed by atoms with Crippen LogP contribution in [0.1, 0.15) is 40.9 Å². The molecule has 4 aromatic rings. The van der Waals surface area contributed by atoms with Crippen LogP contribution in [0.3, 0.4) is 0 Å². The Kier molecular flexibility index (Phi) is 6.13. The number of aromatic nitrogens is 2. The van der Waals surface area contributed by atoms with Crippen molar-refractivity contribution < 1.29 is 13.2 Å². The van der Waals surface area contributed by atoms with Gasteiger partial charge in [0.1, 0.15) is 0 Å². The number of nitrogens with zero attached hydrogens (tertiary/aromatic N) is 3. The fraction of sp³-hybridized carbons (Fsp3) is 0.185. The second-order valence-electron chi connectivity index (χ2n) is 8.59. The third kappa shape index (κ3) is 4.57. The maximum Gasteiger partial charge on any atom is 0.264 e. The lowest BCUT2D eigenvalue weighted by molar-refractivity contribution is 0.0940. The summed E-state index contributed by atoms with van der Waals surface area (Å²) in [5.41, 5.74) is 4.12. The summed E-state index contributed by atoms with van der Waals surface area (Å²) < 4.78 is 30.0. The molecule has 0 unspecified atom stereocenters. The maximum atomic E-state index is 13.3. The minimum Gasteiger partial charge on any atom is -0.346 e. The quantitative estimate of drug-likeness (QED) is 0.435. The molecule has 3 aromatic carbocycles. The number of benzene rings is 3. The molecule has 0 fully saturated rings. The summed E-state index contributed by atoms with van der Waals surface area (Å²) in [6, 6.07) is 21.4. The highest BCUT2D eigenvalue weighted by molar-refractivity contribution is 7.92. The van der Waals surface area contributed by atoms with Crippen molar-refractivity contribution in [3.05, 3.63) is 108 Å². The molecule has 1 aliphatic heterocycles. The zero-order valence-electron chi connectivity index (χ0n) is 19.3. The van der Waals surface area contributed by atoms with Gasteiger partial charge in [-0.2, -0.15) is 0 Å². The van der Waals surface area contributed by atoms with Gasteiger partial charge >= 0.3 is 0 Å². The van der Waals surface area contributed by atoms with E-state index in [0.717, 1.165) is 35.3 Å². The van der Waals surface area contributed by atoms with Gasteiger partial charge in [0, 0.05) is 30.2 Å². The fourth-order valence-electron chi connectivity index (χ4n) is 4.36. The van der Waals surface area contributed by atoms with Gasteiger partial charge in [-0.3, -0.25) is 9.10 Å². The molecule has 178 valence electrons. The van der Waals surface area contributed by atoms with E-state index in [1.54, 1.807) is 24.7 Å². The predicted molar refractivity (Wildman–Crippen MR) is 135 cm³/mol. The number of carbonyl (C=O) groups is 1. The Morgan fingerprint density at radius 3 is 2.46 bits per heavy atom. The summed E-state index contributed by atoms with van der Waals surface area (Å²) in [4.78, 5) is 17.1. The molecule has 7 nitrogen and oxygen atoms in total. The summed E-state index contributed by atoms with van der Waals surface area (Å²) >= 11 is 0. The number of nitrogens with one attached hydrogen (secondary N) is 1. The van der Waals surface area contributed by atoms with Gasteiger partial charge in [0.25, 0.3) is 15.9 Å². The van der Waals surface area contributed by atoms with Gasteiger partial charge in [0.15, 0.2) is 0 Å². The molecular weight excluding hydrogens is 460 g/mol. The fourth-order valence-corrected chi connectivity index (χ4v) is 5.91. The number of hydrogen-bond acceptors (Lipinski definition) is 4. The van der Waals surface area contributed by atoms with Crippen molar-refractivity contribution in [2.45, 2.75) is 30.7 Å². The van der Waals surface area contributed by atoms with Crippen molar-refractivity contribution in [2.24, 2.45) is 0 Å². The van der Waals surface area contributed by atoms with Crippen LogP contribution in [-0.4, -0.2) is 30.4 Å². The molecular formula is C27H26N4O3S. The van der Waals surface area contributed by atoms with Crippen LogP contribution in [0.4, 0.5) is 5.69 Å². The third-order valence-corrected chi connectivity index (χ3v) is 8.14. The van der Waals surface area contributed by atoms with Crippen LogP contribution in [0, 0.1) is 0 Å². The monoisotopic (exact) mass is 486 g/mol. The minimum absolute atomic E-state index is 0.175. The number of amides is 1. The van der Waals surface area contributed by atoms with Gasteiger partial charge in [-0.1, -0.05) is 30.3 Å². The first-order valence-corrected chi connectivity index (χ1v) is 13.0. The van der Waals surface area contributed by atoms with Gasteiger partial charge < -0.3 is 9.88 Å². The van der Waals surface area contributed by atoms with E-state index in [0.29, 0.717) is 12.1 Å². The molecule has 8 heteroatoms. The van der Waals surface area contributed by atoms with Crippen LogP contribution >= 0.6 is 0 Å². The first kappa shape index (κ1) is 22.9. The van der Waals surface area contributed by atoms with Crippen molar-refractivity contribution in [1.82, 2.24) is 14.9 Å². The first-order valence-electron chi connectivity index (χ1n) is 11.5. The topological polar surface area (TPSA) is 84.3 Å². The summed E-state index contributed by atoms with van der Waals surface area (Å²) in [5, 5.41) is 2.98. The number of anilines is 1. The van der Waals surface area contributed by atoms with E-state index in [1.165, 1.54) is 16.4 Å². The summed E-state index contributed by atoms with van der Waals surface area (Å²) in [6.07, 6.45) is 6.96. The van der Waals surface area contributed by atoms with Crippen molar-refractivity contribution in [3.8, 4) is 5.69 Å². The van der Waals surface area contributed by atoms with Gasteiger partial charge in [0.05, 0.1) is 23.0 Å². The molecule has 0 radical (unpaired) electrons. The standard InChI is InChI=1S/C27H26N4O3S/c1-20(21-8-12-24(13-9-21)30-18-16-28-19-30)29-27(32)23-10-14-25(15-11-23)35(33,34)31-17-4-6-22-5-2-3-7-26(22)31/h2-3,5,7-16,18-20H,4,6,17H2,1H3,(H,29,32)/t20-/m0/s1. The average molecular weight is 487 g/mol. The number of hydrogen-bond donors (Lipinski definition) is 1. The van der Waals surface area contributed by atoms with Crippen LogP contribution in [0.25, 0.3) is 5.69 Å². The minimum atomic E-state index is -3.71. The van der Waals surface area contributed by atoms with Crippen LogP contribution in [0.5, 0.6) is 0 Å². The highest BCUT2D eigenvalue weighted by Gasteiger charge is 2.29. The Bertz CT molecular complexity index is 1430. The predicted octanol–water partition coefficient (Wildman–Crippen LogP) is 4.50. The number of carbonyl (C=O) groups excluding carboxylic acids is 1. The number of rotatable bonds is 6. The smallest absolute Gasteiger partial charge is 0.264 e. The lowest BCUT2D eigenvalue weighted by atomic mass is 10.0. The average Bonchev–Trinajstić information content (AvgIpc) is 3.43. The molecule has 0 saturated carbocycles. The normalized spacial score (nSPS) is 14.3. The lowest BCUT2D eigenvalue weighted by Gasteiger charge is -2.30. The van der Waals surface area contributed by atoms with Crippen molar-refractivity contribution in [2.75, 3.05) is 10.8 Å². The molecule has 1 atom stereocenters. The van der Waals surface area contributed by atoms with Gasteiger partial charge in [-0.05, 0) is 73.4 Å². The largest absolute Gasteiger partial charge is 0.346 e. The molecule has 5 rings (SSSR count). The Morgan fingerprint density at radius 1 is 1.00 bits per heavy atom. The molecule has 0 bridgehead atoms. The van der Waals surface area contributed by atoms with Crippen molar-refractivity contribution >= 4 is 21.6 Å². The van der Waals surface area contributed by atoms with Crippen molar-refractivity contribution in [3.63, 3.8) is 0 Å². The molecule has 1 aromatic heterocycles. The SMILES string of the molecule is C[C@H](NC(=O)c1ccc(S(=O)(=O)N2CCCc3ccccc32)cc1)c1ccc(-n2ccnc2)cc1. The third-order valence-electron chi connectivity index (χ3n) is 6.32. The molecule has 0 spiro atoms. The number of para-hydroxylation sites is 1. The molecule has 0 aliphatic carbocycles. The summed E-state index contributed by atoms with van der Waals surface area (Å²) in [6.45, 7) is 2.36. The van der Waals surface area contributed by atoms with Crippen LogP contribution in [0.15, 0.2) is 96.4 Å². The Labute approximate surface area is 205 Å². The van der Waals surface area contributed by atoms with Crippen LogP contribution < -0.4 is 9.62 Å². The number of sulfonamides is 1. The second-order valence-corrected chi connectivity index (χ2v) is 10.5.